The van der Waals surface area contributed by atoms with Gasteiger partial charge in [-0.15, -0.1) is 0 Å². The SMILES string of the molecule is C.CCCCOC(=O)C1C2O[C@@H](C1C(=O)OCCCC)[C@@H](O)C2O. The lowest BCUT2D eigenvalue weighted by Crippen LogP contribution is -2.52. The van der Waals surface area contributed by atoms with Gasteiger partial charge in [-0.05, 0) is 12.8 Å². The first-order valence-corrected chi connectivity index (χ1v) is 8.37. The number of hydrogen-bond acceptors (Lipinski definition) is 7. The lowest BCUT2D eigenvalue weighted by atomic mass is 9.76. The Morgan fingerprint density at radius 1 is 0.875 bits per heavy atom. The van der Waals surface area contributed by atoms with Gasteiger partial charge in [0, 0.05) is 0 Å². The fourth-order valence-corrected chi connectivity index (χ4v) is 3.12. The van der Waals surface area contributed by atoms with Crippen LogP contribution in [0.25, 0.3) is 0 Å². The number of ether oxygens (including phenoxy) is 3. The smallest absolute Gasteiger partial charge is 0.312 e. The molecule has 0 aromatic heterocycles. The van der Waals surface area contributed by atoms with Crippen molar-refractivity contribution in [3.05, 3.63) is 0 Å². The highest BCUT2D eigenvalue weighted by atomic mass is 16.6. The Bertz CT molecular complexity index is 387. The first kappa shape index (κ1) is 20.9. The van der Waals surface area contributed by atoms with Crippen LogP contribution in [0.3, 0.4) is 0 Å². The second-order valence-electron chi connectivity index (χ2n) is 6.14. The second-order valence-corrected chi connectivity index (χ2v) is 6.14. The number of carbonyl (C=O) groups is 2. The van der Waals surface area contributed by atoms with Gasteiger partial charge < -0.3 is 24.4 Å². The Kier molecular flexibility index (Phi) is 8.12. The summed E-state index contributed by atoms with van der Waals surface area (Å²) in [4.78, 5) is 24.6. The van der Waals surface area contributed by atoms with E-state index in [0.29, 0.717) is 0 Å². The van der Waals surface area contributed by atoms with E-state index in [-0.39, 0.29) is 20.6 Å². The number of aliphatic hydroxyl groups excluding tert-OH is 2. The summed E-state index contributed by atoms with van der Waals surface area (Å²) >= 11 is 0. The summed E-state index contributed by atoms with van der Waals surface area (Å²) < 4.78 is 15.9. The maximum Gasteiger partial charge on any atom is 0.312 e. The van der Waals surface area contributed by atoms with E-state index < -0.39 is 48.2 Å². The third-order valence-electron chi connectivity index (χ3n) is 4.46. The normalized spacial score (nSPS) is 33.8. The average Bonchev–Trinajstić information content (AvgIpc) is 3.05. The molecule has 0 saturated carbocycles. The summed E-state index contributed by atoms with van der Waals surface area (Å²) in [7, 11) is 0. The minimum atomic E-state index is -1.19. The van der Waals surface area contributed by atoms with Gasteiger partial charge in [0.15, 0.2) is 0 Å². The first-order chi connectivity index (χ1) is 11.0. The summed E-state index contributed by atoms with van der Waals surface area (Å²) in [6.07, 6.45) is -1.02. The van der Waals surface area contributed by atoms with Crippen molar-refractivity contribution in [3.8, 4) is 0 Å². The van der Waals surface area contributed by atoms with Crippen molar-refractivity contribution in [1.82, 2.24) is 0 Å². The molecule has 0 amide bonds. The van der Waals surface area contributed by atoms with E-state index in [0.717, 1.165) is 25.7 Å². The van der Waals surface area contributed by atoms with Gasteiger partial charge in [0.05, 0.1) is 13.2 Å². The second kappa shape index (κ2) is 9.34. The minimum absolute atomic E-state index is 0. The molecule has 2 N–H and O–H groups in total. The highest BCUT2D eigenvalue weighted by Gasteiger charge is 2.64. The summed E-state index contributed by atoms with van der Waals surface area (Å²) in [6, 6.07) is 0. The van der Waals surface area contributed by atoms with Crippen LogP contribution in [-0.2, 0) is 23.8 Å². The van der Waals surface area contributed by atoms with Gasteiger partial charge >= 0.3 is 11.9 Å². The molecule has 2 heterocycles. The van der Waals surface area contributed by atoms with Crippen LogP contribution < -0.4 is 0 Å². The molecule has 2 bridgehead atoms. The fraction of sp³-hybridized carbons (Fsp3) is 0.882. The number of hydrogen-bond donors (Lipinski definition) is 2. The van der Waals surface area contributed by atoms with Crippen molar-refractivity contribution in [2.45, 2.75) is 71.4 Å². The van der Waals surface area contributed by atoms with E-state index in [4.69, 9.17) is 14.2 Å². The molecular weight excluding hydrogens is 316 g/mol. The summed E-state index contributed by atoms with van der Waals surface area (Å²) in [6.45, 7) is 4.48. The Morgan fingerprint density at radius 2 is 1.25 bits per heavy atom. The number of esters is 2. The predicted octanol–water partition coefficient (Wildman–Crippen LogP) is 1.04. The molecular formula is C17H30O7. The van der Waals surface area contributed by atoms with Crippen molar-refractivity contribution >= 4 is 11.9 Å². The molecule has 7 heteroatoms. The molecule has 7 nitrogen and oxygen atoms in total. The third kappa shape index (κ3) is 4.07. The van der Waals surface area contributed by atoms with E-state index in [1.807, 2.05) is 13.8 Å². The number of fused-ring (bicyclic) bond motifs is 2. The molecule has 2 rings (SSSR count). The number of aliphatic hydroxyl groups is 2. The van der Waals surface area contributed by atoms with Gasteiger partial charge in [-0.3, -0.25) is 9.59 Å². The Hall–Kier alpha value is -1.18. The Labute approximate surface area is 143 Å². The molecule has 0 radical (unpaired) electrons. The monoisotopic (exact) mass is 346 g/mol. The molecule has 24 heavy (non-hydrogen) atoms. The molecule has 2 aliphatic rings. The van der Waals surface area contributed by atoms with E-state index in [9.17, 15) is 19.8 Å². The first-order valence-electron chi connectivity index (χ1n) is 8.37. The summed E-state index contributed by atoms with van der Waals surface area (Å²) in [5.74, 6) is -3.00. The van der Waals surface area contributed by atoms with Crippen LogP contribution in [0.4, 0.5) is 0 Å². The lowest BCUT2D eigenvalue weighted by molar-refractivity contribution is -0.166. The van der Waals surface area contributed by atoms with Crippen LogP contribution in [0, 0.1) is 11.8 Å². The molecule has 140 valence electrons. The average molecular weight is 346 g/mol. The molecule has 4 unspecified atom stereocenters. The van der Waals surface area contributed by atoms with E-state index >= 15 is 0 Å². The maximum atomic E-state index is 12.3. The standard InChI is InChI=1S/C16H26O7.CH4/c1-3-5-7-21-15(19)9-10(16(20)22-8-6-4-2)14-12(18)11(17)13(9)23-14;/h9-14,17-18H,3-8H2,1-2H3;1H4/t9?,10?,11-,12?,13-,14?;/m0./s1. The number of rotatable bonds is 8. The van der Waals surface area contributed by atoms with Crippen molar-refractivity contribution in [1.29, 1.82) is 0 Å². The van der Waals surface area contributed by atoms with Crippen LogP contribution in [0.5, 0.6) is 0 Å². The molecule has 2 aliphatic heterocycles. The lowest BCUT2D eigenvalue weighted by Gasteiger charge is -2.30. The van der Waals surface area contributed by atoms with Gasteiger partial charge in [-0.25, -0.2) is 0 Å². The van der Waals surface area contributed by atoms with Gasteiger partial charge in [0.2, 0.25) is 0 Å². The third-order valence-corrected chi connectivity index (χ3v) is 4.46. The zero-order valence-corrected chi connectivity index (χ0v) is 13.6. The van der Waals surface area contributed by atoms with Crippen molar-refractivity contribution in [2.75, 3.05) is 13.2 Å². The van der Waals surface area contributed by atoms with Crippen LogP contribution in [0.1, 0.15) is 47.0 Å². The van der Waals surface area contributed by atoms with E-state index in [1.54, 1.807) is 0 Å². The maximum absolute atomic E-state index is 12.3. The molecule has 0 aliphatic carbocycles. The summed E-state index contributed by atoms with van der Waals surface area (Å²) in [5.41, 5.74) is 0. The van der Waals surface area contributed by atoms with Crippen molar-refractivity contribution < 1.29 is 34.0 Å². The molecule has 0 spiro atoms. The molecule has 2 saturated heterocycles. The zero-order chi connectivity index (χ0) is 17.0. The molecule has 6 atom stereocenters. The predicted molar refractivity (Wildman–Crippen MR) is 86.1 cm³/mol. The molecule has 0 aromatic carbocycles. The Balaban J connectivity index is 0.00000288. The van der Waals surface area contributed by atoms with Crippen molar-refractivity contribution in [3.63, 3.8) is 0 Å². The number of unbranched alkanes of at least 4 members (excludes halogenated alkanes) is 2. The van der Waals surface area contributed by atoms with Gasteiger partial charge in [0.25, 0.3) is 0 Å². The van der Waals surface area contributed by atoms with Crippen LogP contribution in [-0.4, -0.2) is 59.8 Å². The van der Waals surface area contributed by atoms with Crippen LogP contribution in [0.15, 0.2) is 0 Å². The molecule has 2 fully saturated rings. The van der Waals surface area contributed by atoms with Crippen LogP contribution in [0.2, 0.25) is 0 Å². The fourth-order valence-electron chi connectivity index (χ4n) is 3.12. The zero-order valence-electron chi connectivity index (χ0n) is 13.6. The largest absolute Gasteiger partial charge is 0.465 e. The topological polar surface area (TPSA) is 102 Å². The Morgan fingerprint density at radius 3 is 1.58 bits per heavy atom. The van der Waals surface area contributed by atoms with Crippen molar-refractivity contribution in [2.24, 2.45) is 11.8 Å². The highest BCUT2D eigenvalue weighted by Crippen LogP contribution is 2.45. The summed E-state index contributed by atoms with van der Waals surface area (Å²) in [5, 5.41) is 19.9. The van der Waals surface area contributed by atoms with Gasteiger partial charge in [-0.2, -0.15) is 0 Å². The van der Waals surface area contributed by atoms with E-state index in [1.165, 1.54) is 0 Å². The minimum Gasteiger partial charge on any atom is -0.465 e. The van der Waals surface area contributed by atoms with Crippen LogP contribution >= 0.6 is 0 Å². The molecule has 0 aromatic rings. The number of carbonyl (C=O) groups excluding carboxylic acids is 2. The van der Waals surface area contributed by atoms with E-state index in [2.05, 4.69) is 0 Å². The van der Waals surface area contributed by atoms with Gasteiger partial charge in [0.1, 0.15) is 36.3 Å². The highest BCUT2D eigenvalue weighted by molar-refractivity contribution is 5.84. The quantitative estimate of drug-likeness (QED) is 0.500. The van der Waals surface area contributed by atoms with Gasteiger partial charge in [-0.1, -0.05) is 34.1 Å².